The zero-order valence-corrected chi connectivity index (χ0v) is 12.8. The third kappa shape index (κ3) is 5.02. The number of aryl methyl sites for hydroxylation is 1. The van der Waals surface area contributed by atoms with E-state index >= 15 is 0 Å². The molecule has 1 saturated heterocycles. The minimum absolute atomic E-state index is 0. The number of halogens is 1. The first-order chi connectivity index (χ1) is 9.15. The third-order valence-electron chi connectivity index (χ3n) is 3.31. The van der Waals surface area contributed by atoms with Crippen molar-refractivity contribution in [3.63, 3.8) is 0 Å². The van der Waals surface area contributed by atoms with Crippen molar-refractivity contribution in [2.24, 2.45) is 5.92 Å². The quantitative estimate of drug-likeness (QED) is 0.873. The molecule has 1 aromatic carbocycles. The number of rotatable bonds is 5. The molecule has 1 fully saturated rings. The summed E-state index contributed by atoms with van der Waals surface area (Å²) in [6.07, 6.45) is 0.928. The molecular weight excluding hydrogens is 276 g/mol. The highest BCUT2D eigenvalue weighted by molar-refractivity contribution is 5.85. The van der Waals surface area contributed by atoms with Crippen LogP contribution in [0.2, 0.25) is 0 Å². The van der Waals surface area contributed by atoms with Crippen LogP contribution in [0, 0.1) is 12.8 Å². The van der Waals surface area contributed by atoms with Gasteiger partial charge in [0.2, 0.25) is 5.91 Å². The number of hydrogen-bond acceptors (Lipinski definition) is 3. The van der Waals surface area contributed by atoms with Gasteiger partial charge in [0, 0.05) is 6.54 Å². The minimum Gasteiger partial charge on any atom is -0.491 e. The van der Waals surface area contributed by atoms with E-state index in [0.717, 1.165) is 25.3 Å². The molecule has 1 aliphatic heterocycles. The lowest BCUT2D eigenvalue weighted by Gasteiger charge is -2.17. The second-order valence-electron chi connectivity index (χ2n) is 5.23. The fourth-order valence-electron chi connectivity index (χ4n) is 2.21. The molecule has 0 aromatic heterocycles. The van der Waals surface area contributed by atoms with Gasteiger partial charge in [-0.15, -0.1) is 12.4 Å². The highest BCUT2D eigenvalue weighted by Crippen LogP contribution is 2.13. The first-order valence-electron chi connectivity index (χ1n) is 6.85. The summed E-state index contributed by atoms with van der Waals surface area (Å²) in [6, 6.07) is 7.95. The van der Waals surface area contributed by atoms with Crippen molar-refractivity contribution < 1.29 is 9.53 Å². The van der Waals surface area contributed by atoms with Gasteiger partial charge in [0.1, 0.15) is 12.4 Å². The zero-order chi connectivity index (χ0) is 13.7. The molecule has 1 aromatic rings. The van der Waals surface area contributed by atoms with Gasteiger partial charge in [-0.2, -0.15) is 0 Å². The van der Waals surface area contributed by atoms with Gasteiger partial charge in [-0.3, -0.25) is 4.79 Å². The summed E-state index contributed by atoms with van der Waals surface area (Å²) >= 11 is 0. The van der Waals surface area contributed by atoms with Crippen LogP contribution in [0.1, 0.15) is 18.9 Å². The van der Waals surface area contributed by atoms with Crippen LogP contribution in [0.5, 0.6) is 5.75 Å². The summed E-state index contributed by atoms with van der Waals surface area (Å²) in [7, 11) is 0. The Balaban J connectivity index is 0.00000200. The summed E-state index contributed by atoms with van der Waals surface area (Å²) in [5.41, 5.74) is 1.17. The number of benzene rings is 1. The molecule has 0 saturated carbocycles. The van der Waals surface area contributed by atoms with Gasteiger partial charge in [0.05, 0.1) is 12.0 Å². The SMILES string of the molecule is Cc1cccc(OCC(C)NC(=O)C2CCNC2)c1.Cl. The average Bonchev–Trinajstić information content (AvgIpc) is 2.90. The molecule has 5 heteroatoms. The number of carbonyl (C=O) groups is 1. The number of nitrogens with one attached hydrogen (secondary N) is 2. The van der Waals surface area contributed by atoms with Crippen LogP contribution >= 0.6 is 12.4 Å². The van der Waals surface area contributed by atoms with Crippen LogP contribution in [0.15, 0.2) is 24.3 Å². The largest absolute Gasteiger partial charge is 0.491 e. The van der Waals surface area contributed by atoms with Gasteiger partial charge in [-0.1, -0.05) is 12.1 Å². The van der Waals surface area contributed by atoms with Crippen LogP contribution in [-0.4, -0.2) is 31.6 Å². The van der Waals surface area contributed by atoms with E-state index in [0.29, 0.717) is 6.61 Å². The van der Waals surface area contributed by atoms with E-state index in [1.54, 1.807) is 0 Å². The lowest BCUT2D eigenvalue weighted by atomic mass is 10.1. The van der Waals surface area contributed by atoms with Gasteiger partial charge in [-0.25, -0.2) is 0 Å². The first kappa shape index (κ1) is 16.8. The highest BCUT2D eigenvalue weighted by atomic mass is 35.5. The Hall–Kier alpha value is -1.26. The van der Waals surface area contributed by atoms with Crippen LogP contribution in [0.25, 0.3) is 0 Å². The zero-order valence-electron chi connectivity index (χ0n) is 12.0. The van der Waals surface area contributed by atoms with Gasteiger partial charge in [0.25, 0.3) is 0 Å². The Morgan fingerprint density at radius 2 is 2.35 bits per heavy atom. The van der Waals surface area contributed by atoms with Crippen LogP contribution in [0.4, 0.5) is 0 Å². The second kappa shape index (κ2) is 8.12. The molecule has 2 rings (SSSR count). The van der Waals surface area contributed by atoms with E-state index < -0.39 is 0 Å². The molecule has 0 bridgehead atoms. The third-order valence-corrected chi connectivity index (χ3v) is 3.31. The number of carbonyl (C=O) groups excluding carboxylic acids is 1. The summed E-state index contributed by atoms with van der Waals surface area (Å²) in [5.74, 6) is 1.09. The Morgan fingerprint density at radius 1 is 1.55 bits per heavy atom. The van der Waals surface area contributed by atoms with E-state index in [1.807, 2.05) is 38.1 Å². The molecule has 20 heavy (non-hydrogen) atoms. The van der Waals surface area contributed by atoms with Gasteiger partial charge >= 0.3 is 0 Å². The van der Waals surface area contributed by atoms with E-state index in [9.17, 15) is 4.79 Å². The van der Waals surface area contributed by atoms with Crippen molar-refractivity contribution in [1.29, 1.82) is 0 Å². The lowest BCUT2D eigenvalue weighted by molar-refractivity contribution is -0.125. The Labute approximate surface area is 126 Å². The van der Waals surface area contributed by atoms with Crippen LogP contribution in [-0.2, 0) is 4.79 Å². The lowest BCUT2D eigenvalue weighted by Crippen LogP contribution is -2.41. The highest BCUT2D eigenvalue weighted by Gasteiger charge is 2.23. The molecule has 0 radical (unpaired) electrons. The summed E-state index contributed by atoms with van der Waals surface area (Å²) in [6.45, 7) is 6.22. The molecule has 2 unspecified atom stereocenters. The van der Waals surface area contributed by atoms with Crippen molar-refractivity contribution in [2.75, 3.05) is 19.7 Å². The van der Waals surface area contributed by atoms with Gasteiger partial charge in [-0.05, 0) is 44.5 Å². The Bertz CT molecular complexity index is 434. The molecule has 1 amide bonds. The fraction of sp³-hybridized carbons (Fsp3) is 0.533. The molecular formula is C15H23ClN2O2. The van der Waals surface area contributed by atoms with E-state index in [4.69, 9.17) is 4.74 Å². The molecule has 4 nitrogen and oxygen atoms in total. The smallest absolute Gasteiger partial charge is 0.224 e. The van der Waals surface area contributed by atoms with Crippen molar-refractivity contribution >= 4 is 18.3 Å². The molecule has 112 valence electrons. The van der Waals surface area contributed by atoms with Crippen molar-refractivity contribution in [3.05, 3.63) is 29.8 Å². The van der Waals surface area contributed by atoms with Crippen LogP contribution < -0.4 is 15.4 Å². The van der Waals surface area contributed by atoms with E-state index in [2.05, 4.69) is 10.6 Å². The normalized spacial score (nSPS) is 19.0. The van der Waals surface area contributed by atoms with Crippen molar-refractivity contribution in [3.8, 4) is 5.75 Å². The number of amides is 1. The van der Waals surface area contributed by atoms with Gasteiger partial charge in [0.15, 0.2) is 0 Å². The number of hydrogen-bond donors (Lipinski definition) is 2. The summed E-state index contributed by atoms with van der Waals surface area (Å²) in [4.78, 5) is 11.9. The summed E-state index contributed by atoms with van der Waals surface area (Å²) < 4.78 is 5.68. The van der Waals surface area contributed by atoms with E-state index in [-0.39, 0.29) is 30.3 Å². The minimum atomic E-state index is 0. The molecule has 2 atom stereocenters. The molecule has 1 aliphatic rings. The number of ether oxygens (including phenoxy) is 1. The van der Waals surface area contributed by atoms with Gasteiger partial charge < -0.3 is 15.4 Å². The molecule has 1 heterocycles. The molecule has 0 aliphatic carbocycles. The first-order valence-corrected chi connectivity index (χ1v) is 6.85. The van der Waals surface area contributed by atoms with Crippen molar-refractivity contribution in [2.45, 2.75) is 26.3 Å². The topological polar surface area (TPSA) is 50.4 Å². The predicted octanol–water partition coefficient (Wildman–Crippen LogP) is 1.91. The standard InChI is InChI=1S/C15H22N2O2.ClH/c1-11-4-3-5-14(8-11)19-10-12(2)17-15(18)13-6-7-16-9-13;/h3-5,8,12-13,16H,6-7,9-10H2,1-2H3,(H,17,18);1H. The second-order valence-corrected chi connectivity index (χ2v) is 5.23. The molecule has 0 spiro atoms. The molecule has 2 N–H and O–H groups in total. The monoisotopic (exact) mass is 298 g/mol. The maximum absolute atomic E-state index is 11.9. The maximum atomic E-state index is 11.9. The van der Waals surface area contributed by atoms with Crippen molar-refractivity contribution in [1.82, 2.24) is 10.6 Å². The summed E-state index contributed by atoms with van der Waals surface area (Å²) in [5, 5.41) is 6.20. The Morgan fingerprint density at radius 3 is 3.00 bits per heavy atom. The average molecular weight is 299 g/mol. The van der Waals surface area contributed by atoms with Crippen LogP contribution in [0.3, 0.4) is 0 Å². The fourth-order valence-corrected chi connectivity index (χ4v) is 2.21. The maximum Gasteiger partial charge on any atom is 0.224 e. The predicted molar refractivity (Wildman–Crippen MR) is 82.5 cm³/mol. The Kier molecular flexibility index (Phi) is 6.82. The van der Waals surface area contributed by atoms with E-state index in [1.165, 1.54) is 5.56 Å².